The van der Waals surface area contributed by atoms with E-state index in [-0.39, 0.29) is 0 Å². The molecule has 100 valence electrons. The molecule has 0 fully saturated rings. The lowest BCUT2D eigenvalue weighted by Crippen LogP contribution is -2.01. The third-order valence-corrected chi connectivity index (χ3v) is 3.78. The van der Waals surface area contributed by atoms with Crippen molar-refractivity contribution in [2.75, 3.05) is 0 Å². The molecule has 0 spiro atoms. The lowest BCUT2D eigenvalue weighted by atomic mass is 10.2. The summed E-state index contributed by atoms with van der Waals surface area (Å²) in [7, 11) is 0. The second-order valence-electron chi connectivity index (χ2n) is 4.21. The number of rotatable bonds is 5. The topological polar surface area (TPSA) is 55.1 Å². The molecule has 5 heteroatoms. The van der Waals surface area contributed by atoms with Gasteiger partial charge in [0, 0.05) is 22.9 Å². The van der Waals surface area contributed by atoms with Crippen molar-refractivity contribution < 1.29 is 9.90 Å². The molecule has 0 amide bonds. The summed E-state index contributed by atoms with van der Waals surface area (Å²) in [5.41, 5.74) is 2.49. The van der Waals surface area contributed by atoms with Crippen LogP contribution < -0.4 is 0 Å². The molecule has 0 aliphatic rings. The lowest BCUT2D eigenvalue weighted by Gasteiger charge is -2.05. The molecule has 19 heavy (non-hydrogen) atoms. The van der Waals surface area contributed by atoms with Crippen LogP contribution in [0.2, 0.25) is 0 Å². The van der Waals surface area contributed by atoms with Crippen LogP contribution in [0.15, 0.2) is 35.2 Å². The lowest BCUT2D eigenvalue weighted by molar-refractivity contribution is 0.0696. The quantitative estimate of drug-likeness (QED) is 0.852. The second-order valence-corrected chi connectivity index (χ2v) is 5.26. The van der Waals surface area contributed by atoms with Gasteiger partial charge in [0.25, 0.3) is 0 Å². The summed E-state index contributed by atoms with van der Waals surface area (Å²) in [6.45, 7) is 4.88. The monoisotopic (exact) mass is 276 g/mol. The molecular weight excluding hydrogens is 260 g/mol. The van der Waals surface area contributed by atoms with Crippen molar-refractivity contribution in [3.8, 4) is 0 Å². The van der Waals surface area contributed by atoms with Crippen LogP contribution in [0.5, 0.6) is 0 Å². The maximum Gasteiger partial charge on any atom is 0.335 e. The van der Waals surface area contributed by atoms with Crippen molar-refractivity contribution in [3.63, 3.8) is 0 Å². The van der Waals surface area contributed by atoms with Crippen LogP contribution >= 0.6 is 11.8 Å². The van der Waals surface area contributed by atoms with Gasteiger partial charge in [0.05, 0.1) is 11.3 Å². The van der Waals surface area contributed by atoms with Crippen molar-refractivity contribution >= 4 is 17.7 Å². The number of aromatic carboxylic acids is 1. The van der Waals surface area contributed by atoms with Crippen LogP contribution in [0.3, 0.4) is 0 Å². The summed E-state index contributed by atoms with van der Waals surface area (Å²) in [6.07, 6.45) is 0. The molecule has 0 saturated heterocycles. The Labute approximate surface area is 116 Å². The highest BCUT2D eigenvalue weighted by Gasteiger charge is 2.07. The summed E-state index contributed by atoms with van der Waals surface area (Å²) < 4.78 is 1.98. The first-order chi connectivity index (χ1) is 9.10. The Balaban J connectivity index is 2.09. The van der Waals surface area contributed by atoms with Crippen LogP contribution in [0, 0.1) is 6.92 Å². The molecule has 0 atom stereocenters. The highest BCUT2D eigenvalue weighted by atomic mass is 32.2. The van der Waals surface area contributed by atoms with E-state index in [1.165, 1.54) is 0 Å². The molecule has 1 aromatic heterocycles. The Hall–Kier alpha value is -1.75. The molecule has 1 N–H and O–H groups in total. The Bertz CT molecular complexity index is 593. The van der Waals surface area contributed by atoms with Gasteiger partial charge in [-0.05, 0) is 38.1 Å². The summed E-state index contributed by atoms with van der Waals surface area (Å²) in [4.78, 5) is 11.9. The van der Waals surface area contributed by atoms with Crippen LogP contribution in [0.1, 0.15) is 28.7 Å². The van der Waals surface area contributed by atoms with Gasteiger partial charge in [0.15, 0.2) is 0 Å². The second kappa shape index (κ2) is 5.93. The number of aryl methyl sites for hydroxylation is 2. The van der Waals surface area contributed by atoms with E-state index in [9.17, 15) is 4.79 Å². The van der Waals surface area contributed by atoms with E-state index in [4.69, 9.17) is 5.11 Å². The van der Waals surface area contributed by atoms with Gasteiger partial charge in [-0.3, -0.25) is 4.68 Å². The Kier molecular flexibility index (Phi) is 4.27. The van der Waals surface area contributed by atoms with Crippen molar-refractivity contribution in [1.82, 2.24) is 9.78 Å². The minimum Gasteiger partial charge on any atom is -0.478 e. The molecule has 0 bridgehead atoms. The number of thioether (sulfide) groups is 1. The number of nitrogens with zero attached hydrogens (tertiary/aromatic N) is 2. The average Bonchev–Trinajstić information content (AvgIpc) is 2.77. The highest BCUT2D eigenvalue weighted by molar-refractivity contribution is 7.98. The molecule has 0 saturated carbocycles. The van der Waals surface area contributed by atoms with E-state index >= 15 is 0 Å². The van der Waals surface area contributed by atoms with E-state index in [0.29, 0.717) is 5.56 Å². The first-order valence-corrected chi connectivity index (χ1v) is 7.08. The number of carbonyl (C=O) groups is 1. The van der Waals surface area contributed by atoms with Gasteiger partial charge in [-0.1, -0.05) is 6.07 Å². The van der Waals surface area contributed by atoms with Crippen molar-refractivity contribution in [2.24, 2.45) is 0 Å². The summed E-state index contributed by atoms with van der Waals surface area (Å²) in [5.74, 6) is -0.102. The first kappa shape index (κ1) is 13.7. The zero-order valence-electron chi connectivity index (χ0n) is 11.0. The third-order valence-electron chi connectivity index (χ3n) is 2.75. The fourth-order valence-electron chi connectivity index (χ4n) is 1.87. The van der Waals surface area contributed by atoms with Crippen LogP contribution in [-0.4, -0.2) is 20.9 Å². The minimum absolute atomic E-state index is 0.324. The summed E-state index contributed by atoms with van der Waals surface area (Å²) in [6, 6.07) is 9.07. The number of benzene rings is 1. The fourth-order valence-corrected chi connectivity index (χ4v) is 2.80. The number of carboxylic acid groups (broad SMARTS) is 1. The van der Waals surface area contributed by atoms with Gasteiger partial charge in [-0.2, -0.15) is 5.10 Å². The van der Waals surface area contributed by atoms with E-state index in [1.54, 1.807) is 30.0 Å². The Morgan fingerprint density at radius 2 is 2.21 bits per heavy atom. The van der Waals surface area contributed by atoms with Crippen LogP contribution in [-0.2, 0) is 12.3 Å². The molecule has 1 aromatic carbocycles. The number of hydrogen-bond acceptors (Lipinski definition) is 3. The summed E-state index contributed by atoms with van der Waals surface area (Å²) in [5, 5.41) is 13.4. The van der Waals surface area contributed by atoms with Gasteiger partial charge < -0.3 is 5.11 Å². The third kappa shape index (κ3) is 3.38. The average molecular weight is 276 g/mol. The number of carboxylic acids is 1. The fraction of sp³-hybridized carbons (Fsp3) is 0.286. The molecular formula is C14H16N2O2S. The Morgan fingerprint density at radius 3 is 2.89 bits per heavy atom. The van der Waals surface area contributed by atoms with Gasteiger partial charge >= 0.3 is 5.97 Å². The first-order valence-electron chi connectivity index (χ1n) is 6.09. The molecule has 0 radical (unpaired) electrons. The normalized spacial score (nSPS) is 10.6. The molecule has 0 aliphatic carbocycles. The smallest absolute Gasteiger partial charge is 0.335 e. The predicted octanol–water partition coefficient (Wildman–Crippen LogP) is 3.20. The van der Waals surface area contributed by atoms with Gasteiger partial charge in [-0.15, -0.1) is 11.8 Å². The molecule has 2 aromatic rings. The predicted molar refractivity (Wildman–Crippen MR) is 75.6 cm³/mol. The highest BCUT2D eigenvalue weighted by Crippen LogP contribution is 2.24. The largest absolute Gasteiger partial charge is 0.478 e. The number of hydrogen-bond donors (Lipinski definition) is 1. The van der Waals surface area contributed by atoms with E-state index in [2.05, 4.69) is 18.1 Å². The van der Waals surface area contributed by atoms with E-state index in [1.807, 2.05) is 17.7 Å². The Morgan fingerprint density at radius 1 is 1.42 bits per heavy atom. The zero-order valence-corrected chi connectivity index (χ0v) is 11.8. The summed E-state index contributed by atoms with van der Waals surface area (Å²) >= 11 is 1.62. The van der Waals surface area contributed by atoms with Gasteiger partial charge in [-0.25, -0.2) is 4.79 Å². The van der Waals surface area contributed by atoms with Crippen molar-refractivity contribution in [1.29, 1.82) is 0 Å². The number of aromatic nitrogens is 2. The van der Waals surface area contributed by atoms with Crippen LogP contribution in [0.4, 0.5) is 0 Å². The van der Waals surface area contributed by atoms with Crippen LogP contribution in [0.25, 0.3) is 0 Å². The SMILES string of the molecule is CCn1nc(C)cc1CSc1cccc(C(=O)O)c1. The van der Waals surface area contributed by atoms with Gasteiger partial charge in [0.2, 0.25) is 0 Å². The maximum atomic E-state index is 10.9. The van der Waals surface area contributed by atoms with Crippen molar-refractivity contribution in [2.45, 2.75) is 31.0 Å². The maximum absolute atomic E-state index is 10.9. The molecule has 4 nitrogen and oxygen atoms in total. The van der Waals surface area contributed by atoms with E-state index in [0.717, 1.165) is 28.6 Å². The molecule has 2 rings (SSSR count). The van der Waals surface area contributed by atoms with Gasteiger partial charge in [0.1, 0.15) is 0 Å². The standard InChI is InChI=1S/C14H16N2O2S/c1-3-16-12(7-10(2)15-16)9-19-13-6-4-5-11(8-13)14(17)18/h4-8H,3,9H2,1-2H3,(H,17,18). The minimum atomic E-state index is -0.892. The molecule has 0 aliphatic heterocycles. The molecule has 0 unspecified atom stereocenters. The van der Waals surface area contributed by atoms with Crippen molar-refractivity contribution in [3.05, 3.63) is 47.3 Å². The molecule has 1 heterocycles. The zero-order chi connectivity index (χ0) is 13.8. The van der Waals surface area contributed by atoms with E-state index < -0.39 is 5.97 Å².